The van der Waals surface area contributed by atoms with Crippen molar-refractivity contribution in [2.75, 3.05) is 0 Å². The predicted octanol–water partition coefficient (Wildman–Crippen LogP) is 40.2. The van der Waals surface area contributed by atoms with Crippen molar-refractivity contribution in [3.05, 3.63) is 323 Å². The smallest absolute Gasteiger partial charge is 0.00258 e. The second-order valence-electron chi connectivity index (χ2n) is 31.7. The van der Waals surface area contributed by atoms with Gasteiger partial charge in [-0.3, -0.25) is 0 Å². The van der Waals surface area contributed by atoms with Gasteiger partial charge in [-0.05, 0) is 136 Å². The summed E-state index contributed by atoms with van der Waals surface area (Å²) in [5, 5.41) is 2.62. The molecular weight excluding hydrogens is 1390 g/mol. The van der Waals surface area contributed by atoms with Crippen molar-refractivity contribution in [3.63, 3.8) is 0 Å². The van der Waals surface area contributed by atoms with E-state index >= 15 is 0 Å². The van der Waals surface area contributed by atoms with E-state index in [0.717, 1.165) is 6.42 Å². The zero-order valence-electron chi connectivity index (χ0n) is 84.3. The number of aryl methyl sites for hydroxylation is 8. The molecule has 0 radical (unpaired) electrons. The molecule has 2 aliphatic rings. The van der Waals surface area contributed by atoms with Crippen LogP contribution in [0.3, 0.4) is 0 Å². The molecule has 10 aromatic carbocycles. The molecule has 0 nitrogen and oxygen atoms in total. The van der Waals surface area contributed by atoms with Crippen LogP contribution in [0.15, 0.2) is 267 Å². The highest BCUT2D eigenvalue weighted by molar-refractivity contribution is 5.82. The van der Waals surface area contributed by atoms with E-state index in [1.54, 1.807) is 0 Å². The fraction of sp³-hybridized carbons (Fsp3) is 0.500. The molecule has 1 unspecified atom stereocenters. The Morgan fingerprint density at radius 1 is 0.233 bits per heavy atom. The minimum atomic E-state index is 0.500. The zero-order chi connectivity index (χ0) is 91.1. The Kier molecular flexibility index (Phi) is 98.0. The van der Waals surface area contributed by atoms with E-state index in [0.29, 0.717) is 21.7 Å². The van der Waals surface area contributed by atoms with Crippen molar-refractivity contribution in [1.29, 1.82) is 0 Å². The predicted molar refractivity (Wildman–Crippen MR) is 547 cm³/mol. The lowest BCUT2D eigenvalue weighted by Crippen LogP contribution is -2.30. The lowest BCUT2D eigenvalue weighted by Gasteiger charge is -2.42. The molecule has 2 aliphatic carbocycles. The maximum absolute atomic E-state index is 2.45. The molecule has 0 amide bonds. The van der Waals surface area contributed by atoms with Crippen molar-refractivity contribution in [3.8, 4) is 11.1 Å². The summed E-state index contributed by atoms with van der Waals surface area (Å²) in [5.74, 6) is 0. The Bertz CT molecular complexity index is 3040. The second kappa shape index (κ2) is 89.8. The number of hydrogen-bond acceptors (Lipinski definition) is 0. The van der Waals surface area contributed by atoms with Gasteiger partial charge in [0.2, 0.25) is 0 Å². The Morgan fingerprint density at radius 2 is 0.397 bits per heavy atom. The lowest BCUT2D eigenvalue weighted by molar-refractivity contribution is 0.0957. The first-order chi connectivity index (χ1) is 55.3. The molecule has 2 fully saturated rings. The molecule has 2 saturated carbocycles. The number of benzene rings is 10. The van der Waals surface area contributed by atoms with Crippen molar-refractivity contribution in [2.45, 2.75) is 367 Å². The summed E-state index contributed by atoms with van der Waals surface area (Å²) in [6, 6.07) is 92.4. The van der Waals surface area contributed by atoms with Gasteiger partial charge >= 0.3 is 0 Å². The van der Waals surface area contributed by atoms with Crippen molar-refractivity contribution < 1.29 is 0 Å². The normalized spacial score (nSPS) is 12.0. The summed E-state index contributed by atoms with van der Waals surface area (Å²) in [6.45, 7) is 84.5. The Hall–Kier alpha value is -7.54. The maximum Gasteiger partial charge on any atom is -0.00258 e. The number of rotatable bonds is 4. The molecule has 0 heterocycles. The van der Waals surface area contributed by atoms with Crippen LogP contribution in [0.4, 0.5) is 0 Å². The van der Waals surface area contributed by atoms with Gasteiger partial charge in [-0.25, -0.2) is 0 Å². The first kappa shape index (κ1) is 127. The molecule has 0 aromatic heterocycles. The molecule has 0 bridgehead atoms. The van der Waals surface area contributed by atoms with Crippen LogP contribution in [0.2, 0.25) is 0 Å². The maximum atomic E-state index is 2.45. The third-order valence-electron chi connectivity index (χ3n) is 15.4. The molecular formula is C116H192. The zero-order valence-corrected chi connectivity index (χ0v) is 84.3. The van der Waals surface area contributed by atoms with Gasteiger partial charge in [0.25, 0.3) is 0 Å². The van der Waals surface area contributed by atoms with E-state index in [1.165, 1.54) is 161 Å². The molecule has 0 N–H and O–H groups in total. The molecule has 0 spiro atoms. The van der Waals surface area contributed by atoms with Crippen molar-refractivity contribution in [2.24, 2.45) is 21.7 Å². The first-order valence-corrected chi connectivity index (χ1v) is 46.1. The topological polar surface area (TPSA) is 0 Å². The third kappa shape index (κ3) is 92.0. The van der Waals surface area contributed by atoms with Gasteiger partial charge < -0.3 is 0 Å². The van der Waals surface area contributed by atoms with Gasteiger partial charge in [-0.15, -0.1) is 0 Å². The number of hydrogen-bond donors (Lipinski definition) is 0. The van der Waals surface area contributed by atoms with E-state index in [1.807, 2.05) is 184 Å². The Labute approximate surface area is 728 Å². The fourth-order valence-corrected chi connectivity index (χ4v) is 10.0. The molecule has 1 atom stereocenters. The van der Waals surface area contributed by atoms with Gasteiger partial charge in [-0.1, -0.05) is 597 Å². The highest BCUT2D eigenvalue weighted by atomic mass is 14.4. The number of fused-ring (bicyclic) bond motifs is 1. The first-order valence-electron chi connectivity index (χ1n) is 46.1. The van der Waals surface area contributed by atoms with E-state index < -0.39 is 0 Å². The minimum absolute atomic E-state index is 0.500. The van der Waals surface area contributed by atoms with Crippen LogP contribution >= 0.6 is 0 Å². The highest BCUT2D eigenvalue weighted by Crippen LogP contribution is 2.47. The van der Waals surface area contributed by atoms with Crippen LogP contribution in [0.5, 0.6) is 0 Å². The van der Waals surface area contributed by atoms with Gasteiger partial charge in [0, 0.05) is 0 Å². The largest absolute Gasteiger partial charge is 0.0683 e. The Morgan fingerprint density at radius 3 is 0.552 bits per heavy atom. The third-order valence-corrected chi connectivity index (χ3v) is 15.4. The van der Waals surface area contributed by atoms with Gasteiger partial charge in [0.05, 0.1) is 0 Å². The van der Waals surface area contributed by atoms with E-state index in [2.05, 4.69) is 360 Å². The van der Waals surface area contributed by atoms with Crippen LogP contribution in [0.1, 0.15) is 361 Å². The lowest BCUT2D eigenvalue weighted by atomic mass is 9.63. The van der Waals surface area contributed by atoms with E-state index in [-0.39, 0.29) is 0 Å². The van der Waals surface area contributed by atoms with Gasteiger partial charge in [0.15, 0.2) is 0 Å². The molecule has 0 saturated heterocycles. The van der Waals surface area contributed by atoms with E-state index in [4.69, 9.17) is 0 Å². The van der Waals surface area contributed by atoms with Crippen LogP contribution in [-0.2, 0) is 6.42 Å². The van der Waals surface area contributed by atoms with Crippen LogP contribution in [0.25, 0.3) is 21.9 Å². The van der Waals surface area contributed by atoms with Gasteiger partial charge in [0.1, 0.15) is 0 Å². The summed E-state index contributed by atoms with van der Waals surface area (Å²) in [5.41, 5.74) is 18.2. The molecule has 0 heteroatoms. The van der Waals surface area contributed by atoms with Crippen molar-refractivity contribution >= 4 is 10.8 Å². The Balaban J connectivity index is -0.000000153. The van der Waals surface area contributed by atoms with Gasteiger partial charge in [-0.2, -0.15) is 0 Å². The summed E-state index contributed by atoms with van der Waals surface area (Å²) in [6.07, 6.45) is 19.6. The SMILES string of the molecule is C1CCCCC1.CC.CC.CC.CC.CC.CC.CC.CC.CC(C)(C)C.CC(C)(C)C.CCC.CCC.CCC1(C)CCCC(C)(C)C1.Cc1ccc(-c2ccc(C)cc2)cc1.Cc1ccc(C)cc1.Cc1ccc(C)cc1.Cc1ccc(Cc2ccc(C)cc2)cc1.c1ccc2ccccc2c1.c1ccccc1.c1ccccc1. The van der Waals surface area contributed by atoms with Crippen molar-refractivity contribution in [1.82, 2.24) is 0 Å². The minimum Gasteiger partial charge on any atom is -0.0683 e. The average molecular weight is 1590 g/mol. The fourth-order valence-electron chi connectivity index (χ4n) is 10.0. The van der Waals surface area contributed by atoms with Crippen LogP contribution in [-0.4, -0.2) is 0 Å². The van der Waals surface area contributed by atoms with E-state index in [9.17, 15) is 0 Å². The summed E-state index contributed by atoms with van der Waals surface area (Å²) in [4.78, 5) is 0. The summed E-state index contributed by atoms with van der Waals surface area (Å²) < 4.78 is 0. The highest BCUT2D eigenvalue weighted by Gasteiger charge is 2.34. The van der Waals surface area contributed by atoms with Crippen LogP contribution in [0, 0.1) is 77.0 Å². The molecule has 0 aliphatic heterocycles. The standard InChI is InChI=1S/C15H16.C14H14.C11H22.C10H8.2C8H10.C6H12.2C6H6.2C5H12.2C3H8.8C2H6/c1-12-3-7-14(8-4-12)11-15-9-5-13(2)6-10-15;1-11-3-7-13(8-4-11)14-9-5-12(2)6-10-14;1-5-11(4)8-6-7-10(2,3)9-11;1-2-6-10-8-4-3-7-9(10)5-1;2*1-7-3-5-8(2)6-4-7;3*1-2-4-6-5-3-1;2*1-5(2,3)4;2*1-3-2;8*1-2/h3-10H,11H2,1-2H3;3-10H,1-2H3;5-9H2,1-4H3;1-8H;2*3-6H,1-2H3;1-6H2;2*1-6H;2*1-4H3;2*3H2,1-2H3;8*1-2H3. The monoisotopic (exact) mass is 1590 g/mol. The quantitative estimate of drug-likeness (QED) is 0.165. The van der Waals surface area contributed by atoms with Crippen LogP contribution < -0.4 is 0 Å². The second-order valence-corrected chi connectivity index (χ2v) is 31.7. The average Bonchev–Trinajstić information content (AvgIpc) is 0.831. The summed E-state index contributed by atoms with van der Waals surface area (Å²) in [7, 11) is 0. The molecule has 12 rings (SSSR count). The summed E-state index contributed by atoms with van der Waals surface area (Å²) >= 11 is 0. The molecule has 116 heavy (non-hydrogen) atoms. The molecule has 656 valence electrons. The molecule has 10 aromatic rings.